The number of halogens is 1. The summed E-state index contributed by atoms with van der Waals surface area (Å²) in [5, 5.41) is 3.46. The second kappa shape index (κ2) is 10.6. The molecule has 0 aromatic heterocycles. The zero-order valence-electron chi connectivity index (χ0n) is 16.8. The summed E-state index contributed by atoms with van der Waals surface area (Å²) in [7, 11) is 0. The SMILES string of the molecule is CC(=O)C(=Cc1cccc(Cl)c1)C(=O)NCCC(c1ccccc1)c1ccccc1. The van der Waals surface area contributed by atoms with Crippen LogP contribution in [-0.4, -0.2) is 18.2 Å². The number of nitrogens with one attached hydrogen (secondary N) is 1. The van der Waals surface area contributed by atoms with Crippen molar-refractivity contribution in [2.45, 2.75) is 19.3 Å². The van der Waals surface area contributed by atoms with Crippen LogP contribution >= 0.6 is 11.6 Å². The summed E-state index contributed by atoms with van der Waals surface area (Å²) in [6.07, 6.45) is 2.30. The van der Waals surface area contributed by atoms with Crippen molar-refractivity contribution >= 4 is 29.4 Å². The van der Waals surface area contributed by atoms with Crippen molar-refractivity contribution < 1.29 is 9.59 Å². The number of carbonyl (C=O) groups is 2. The number of carbonyl (C=O) groups excluding carboxylic acids is 2. The van der Waals surface area contributed by atoms with E-state index in [0.717, 1.165) is 6.42 Å². The summed E-state index contributed by atoms with van der Waals surface area (Å²) in [6.45, 7) is 1.85. The third-order valence-electron chi connectivity index (χ3n) is 4.91. The van der Waals surface area contributed by atoms with Gasteiger partial charge in [0.2, 0.25) is 0 Å². The lowest BCUT2D eigenvalue weighted by Gasteiger charge is -2.18. The van der Waals surface area contributed by atoms with Gasteiger partial charge in [0.15, 0.2) is 5.78 Å². The summed E-state index contributed by atoms with van der Waals surface area (Å²) in [6, 6.07) is 27.5. The minimum atomic E-state index is -0.373. The monoisotopic (exact) mass is 417 g/mol. The van der Waals surface area contributed by atoms with Crippen LogP contribution in [0.15, 0.2) is 90.5 Å². The summed E-state index contributed by atoms with van der Waals surface area (Å²) >= 11 is 6.01. The average molecular weight is 418 g/mol. The molecule has 30 heavy (non-hydrogen) atoms. The van der Waals surface area contributed by atoms with Gasteiger partial charge >= 0.3 is 0 Å². The number of Topliss-reactive ketones (excluding diaryl/α,β-unsaturated/α-hetero) is 1. The zero-order chi connectivity index (χ0) is 21.3. The zero-order valence-corrected chi connectivity index (χ0v) is 17.6. The number of hydrogen-bond donors (Lipinski definition) is 1. The van der Waals surface area contributed by atoms with E-state index in [0.29, 0.717) is 17.1 Å². The van der Waals surface area contributed by atoms with Crippen LogP contribution in [0.2, 0.25) is 5.02 Å². The lowest BCUT2D eigenvalue weighted by atomic mass is 9.88. The molecule has 0 aliphatic carbocycles. The van der Waals surface area contributed by atoms with Crippen LogP contribution in [0.5, 0.6) is 0 Å². The van der Waals surface area contributed by atoms with Gasteiger partial charge in [-0.3, -0.25) is 9.59 Å². The third kappa shape index (κ3) is 5.91. The number of amides is 1. The van der Waals surface area contributed by atoms with Gasteiger partial charge in [-0.2, -0.15) is 0 Å². The summed E-state index contributed by atoms with van der Waals surface area (Å²) in [5.74, 6) is -0.497. The van der Waals surface area contributed by atoms with Gasteiger partial charge in [-0.25, -0.2) is 0 Å². The highest BCUT2D eigenvalue weighted by Gasteiger charge is 2.17. The molecule has 3 rings (SSSR count). The fourth-order valence-electron chi connectivity index (χ4n) is 3.41. The first-order chi connectivity index (χ1) is 14.5. The van der Waals surface area contributed by atoms with E-state index in [9.17, 15) is 9.59 Å². The van der Waals surface area contributed by atoms with Crippen molar-refractivity contribution in [1.29, 1.82) is 0 Å². The lowest BCUT2D eigenvalue weighted by molar-refractivity contribution is -0.121. The topological polar surface area (TPSA) is 46.2 Å². The second-order valence-corrected chi connectivity index (χ2v) is 7.52. The maximum atomic E-state index is 12.7. The van der Waals surface area contributed by atoms with E-state index < -0.39 is 0 Å². The first-order valence-corrected chi connectivity index (χ1v) is 10.3. The van der Waals surface area contributed by atoms with Crippen molar-refractivity contribution in [2.24, 2.45) is 0 Å². The molecule has 0 radical (unpaired) electrons. The quantitative estimate of drug-likeness (QED) is 0.292. The molecule has 0 spiro atoms. The lowest BCUT2D eigenvalue weighted by Crippen LogP contribution is -2.29. The van der Waals surface area contributed by atoms with E-state index in [-0.39, 0.29) is 23.2 Å². The summed E-state index contributed by atoms with van der Waals surface area (Å²) in [5.41, 5.74) is 3.22. The molecule has 1 amide bonds. The molecule has 0 atom stereocenters. The van der Waals surface area contributed by atoms with Crippen molar-refractivity contribution in [3.05, 3.63) is 112 Å². The van der Waals surface area contributed by atoms with Crippen LogP contribution in [0.1, 0.15) is 36.0 Å². The van der Waals surface area contributed by atoms with E-state index >= 15 is 0 Å². The maximum absolute atomic E-state index is 12.7. The Kier molecular flexibility index (Phi) is 7.58. The van der Waals surface area contributed by atoms with Crippen molar-refractivity contribution in [2.75, 3.05) is 6.54 Å². The number of hydrogen-bond acceptors (Lipinski definition) is 2. The molecule has 3 nitrogen and oxygen atoms in total. The Hall–Kier alpha value is -3.17. The van der Waals surface area contributed by atoms with Crippen molar-refractivity contribution in [3.8, 4) is 0 Å². The minimum Gasteiger partial charge on any atom is -0.352 e. The molecule has 0 fully saturated rings. The Labute approximate surface area is 182 Å². The van der Waals surface area contributed by atoms with Gasteiger partial charge in [-0.15, -0.1) is 0 Å². The number of ketones is 1. The second-order valence-electron chi connectivity index (χ2n) is 7.09. The van der Waals surface area contributed by atoms with Crippen molar-refractivity contribution in [3.63, 3.8) is 0 Å². The van der Waals surface area contributed by atoms with Crippen LogP contribution < -0.4 is 5.32 Å². The highest BCUT2D eigenvalue weighted by atomic mass is 35.5. The van der Waals surface area contributed by atoms with Gasteiger partial charge in [0.05, 0.1) is 5.57 Å². The third-order valence-corrected chi connectivity index (χ3v) is 5.14. The predicted molar refractivity (Wildman–Crippen MR) is 122 cm³/mol. The molecule has 4 heteroatoms. The number of rotatable bonds is 8. The Morgan fingerprint density at radius 1 is 0.900 bits per heavy atom. The van der Waals surface area contributed by atoms with Crippen LogP contribution in [0, 0.1) is 0 Å². The van der Waals surface area contributed by atoms with Gasteiger partial charge in [0.25, 0.3) is 5.91 Å². The van der Waals surface area contributed by atoms with Crippen LogP contribution in [0.3, 0.4) is 0 Å². The smallest absolute Gasteiger partial charge is 0.254 e. The Morgan fingerprint density at radius 3 is 2.03 bits per heavy atom. The fraction of sp³-hybridized carbons (Fsp3) is 0.154. The largest absolute Gasteiger partial charge is 0.352 e. The highest BCUT2D eigenvalue weighted by molar-refractivity contribution is 6.30. The molecule has 0 heterocycles. The minimum absolute atomic E-state index is 0.119. The van der Waals surface area contributed by atoms with Gasteiger partial charge in [0, 0.05) is 17.5 Å². The standard InChI is InChI=1S/C26H24ClNO2/c1-19(29)25(18-20-9-8-14-23(27)17-20)26(30)28-16-15-24(21-10-4-2-5-11-21)22-12-6-3-7-13-22/h2-14,17-18,24H,15-16H2,1H3,(H,28,30). The summed E-state index contributed by atoms with van der Waals surface area (Å²) < 4.78 is 0. The van der Waals surface area contributed by atoms with Gasteiger partial charge in [0.1, 0.15) is 0 Å². The van der Waals surface area contributed by atoms with E-state index in [1.807, 2.05) is 42.5 Å². The molecule has 3 aromatic carbocycles. The molecule has 1 N–H and O–H groups in total. The molecule has 152 valence electrons. The van der Waals surface area contributed by atoms with Gasteiger partial charge < -0.3 is 5.32 Å². The molecule has 0 aliphatic heterocycles. The molecule has 0 aliphatic rings. The van der Waals surface area contributed by atoms with Crippen LogP contribution in [0.4, 0.5) is 0 Å². The van der Waals surface area contributed by atoms with Crippen molar-refractivity contribution in [1.82, 2.24) is 5.32 Å². The van der Waals surface area contributed by atoms with Gasteiger partial charge in [-0.1, -0.05) is 84.4 Å². The molecule has 0 saturated carbocycles. The molecule has 0 unspecified atom stereocenters. The number of benzene rings is 3. The molecular weight excluding hydrogens is 394 g/mol. The van der Waals surface area contributed by atoms with Crippen LogP contribution in [0.25, 0.3) is 6.08 Å². The molecular formula is C26H24ClNO2. The Bertz CT molecular complexity index is 990. The summed E-state index contributed by atoms with van der Waals surface area (Å²) in [4.78, 5) is 24.7. The fourth-order valence-corrected chi connectivity index (χ4v) is 3.61. The Morgan fingerprint density at radius 2 is 1.50 bits per heavy atom. The molecule has 0 saturated heterocycles. The highest BCUT2D eigenvalue weighted by Crippen LogP contribution is 2.27. The average Bonchev–Trinajstić information content (AvgIpc) is 2.76. The molecule has 3 aromatic rings. The predicted octanol–water partition coefficient (Wildman–Crippen LogP) is 5.65. The first kappa shape index (κ1) is 21.5. The normalized spacial score (nSPS) is 11.4. The van der Waals surface area contributed by atoms with E-state index in [4.69, 9.17) is 11.6 Å². The van der Waals surface area contributed by atoms with Crippen LogP contribution in [-0.2, 0) is 9.59 Å². The Balaban J connectivity index is 1.72. The van der Waals surface area contributed by atoms with Gasteiger partial charge in [-0.05, 0) is 48.2 Å². The van der Waals surface area contributed by atoms with E-state index in [2.05, 4.69) is 29.6 Å². The first-order valence-electron chi connectivity index (χ1n) is 9.91. The maximum Gasteiger partial charge on any atom is 0.254 e. The van der Waals surface area contributed by atoms with E-state index in [1.165, 1.54) is 18.1 Å². The molecule has 0 bridgehead atoms. The van der Waals surface area contributed by atoms with E-state index in [1.54, 1.807) is 24.3 Å².